The molecule has 0 unspecified atom stereocenters. The first kappa shape index (κ1) is 26.4. The molecular formula is C30H52O5. The van der Waals surface area contributed by atoms with Crippen LogP contribution in [0.25, 0.3) is 0 Å². The highest BCUT2D eigenvalue weighted by Gasteiger charge is 2.76. The standard InChI is InChI=1S/C30H52O5/c1-16(2)18(4)26(5)14-23(26)17(3)20-8-9-21-22-12-24(32)29(34)13-19(31)10-11-28(29,7)30(22,35)25(33)15-27(20,21)6/h16-25,31-35H,8-15H2,1-7H3/t17-,18-,19-,20+,21-,22-,23+,24+,25+,26+,27+,28-,29-,30-/m0/s1. The minimum absolute atomic E-state index is 0.0578. The van der Waals surface area contributed by atoms with Gasteiger partial charge in [0.25, 0.3) is 0 Å². The maximum atomic E-state index is 12.4. The van der Waals surface area contributed by atoms with Crippen LogP contribution in [0.15, 0.2) is 0 Å². The van der Waals surface area contributed by atoms with Gasteiger partial charge in [-0.2, -0.15) is 0 Å². The molecule has 35 heavy (non-hydrogen) atoms. The number of rotatable bonds is 4. The first-order valence-corrected chi connectivity index (χ1v) is 14.6. The quantitative estimate of drug-likeness (QED) is 0.406. The van der Waals surface area contributed by atoms with Gasteiger partial charge in [-0.1, -0.05) is 48.5 Å². The molecule has 0 aromatic carbocycles. The van der Waals surface area contributed by atoms with E-state index >= 15 is 0 Å². The van der Waals surface area contributed by atoms with E-state index in [9.17, 15) is 25.5 Å². The van der Waals surface area contributed by atoms with Crippen molar-refractivity contribution in [3.63, 3.8) is 0 Å². The van der Waals surface area contributed by atoms with Crippen LogP contribution >= 0.6 is 0 Å². The molecule has 5 saturated carbocycles. The smallest absolute Gasteiger partial charge is 0.102 e. The fraction of sp³-hybridized carbons (Fsp3) is 1.00. The Bertz CT molecular complexity index is 847. The summed E-state index contributed by atoms with van der Waals surface area (Å²) in [6.45, 7) is 16.2. The second-order valence-corrected chi connectivity index (χ2v) is 15.1. The molecule has 5 N–H and O–H groups in total. The topological polar surface area (TPSA) is 101 Å². The van der Waals surface area contributed by atoms with Crippen molar-refractivity contribution in [3.05, 3.63) is 0 Å². The van der Waals surface area contributed by atoms with E-state index in [2.05, 4.69) is 41.5 Å². The summed E-state index contributed by atoms with van der Waals surface area (Å²) in [5.41, 5.74) is -3.78. The Morgan fingerprint density at radius 3 is 2.03 bits per heavy atom. The largest absolute Gasteiger partial charge is 0.393 e. The summed E-state index contributed by atoms with van der Waals surface area (Å²) in [5.74, 6) is 3.11. The van der Waals surface area contributed by atoms with E-state index in [1.54, 1.807) is 0 Å². The highest BCUT2D eigenvalue weighted by molar-refractivity contribution is 5.26. The Balaban J connectivity index is 1.45. The summed E-state index contributed by atoms with van der Waals surface area (Å²) in [5, 5.41) is 57.5. The monoisotopic (exact) mass is 492 g/mol. The first-order valence-electron chi connectivity index (χ1n) is 14.6. The van der Waals surface area contributed by atoms with Gasteiger partial charge in [-0.3, -0.25) is 0 Å². The molecule has 0 spiro atoms. The molecular weight excluding hydrogens is 440 g/mol. The van der Waals surface area contributed by atoms with Gasteiger partial charge in [0.2, 0.25) is 0 Å². The number of aliphatic hydroxyl groups is 5. The number of hydrogen-bond acceptors (Lipinski definition) is 5. The third-order valence-corrected chi connectivity index (χ3v) is 13.7. The molecule has 0 bridgehead atoms. The van der Waals surface area contributed by atoms with Crippen LogP contribution in [0.4, 0.5) is 0 Å². The van der Waals surface area contributed by atoms with E-state index < -0.39 is 34.9 Å². The number of fused-ring (bicyclic) bond motifs is 5. The summed E-state index contributed by atoms with van der Waals surface area (Å²) in [6, 6.07) is 0. The van der Waals surface area contributed by atoms with Crippen LogP contribution < -0.4 is 0 Å². The third kappa shape index (κ3) is 3.17. The minimum Gasteiger partial charge on any atom is -0.393 e. The second-order valence-electron chi connectivity index (χ2n) is 15.1. The summed E-state index contributed by atoms with van der Waals surface area (Å²) < 4.78 is 0. The van der Waals surface area contributed by atoms with Crippen LogP contribution in [0.3, 0.4) is 0 Å². The van der Waals surface area contributed by atoms with E-state index in [0.29, 0.717) is 60.7 Å². The molecule has 5 fully saturated rings. The zero-order valence-corrected chi connectivity index (χ0v) is 23.2. The molecule has 14 atom stereocenters. The Labute approximate surface area is 212 Å². The van der Waals surface area contributed by atoms with E-state index in [1.165, 1.54) is 6.42 Å². The van der Waals surface area contributed by atoms with Crippen LogP contribution in [0.1, 0.15) is 99.8 Å². The van der Waals surface area contributed by atoms with Crippen molar-refractivity contribution in [1.82, 2.24) is 0 Å². The van der Waals surface area contributed by atoms with Gasteiger partial charge >= 0.3 is 0 Å². The predicted octanol–water partition coefficient (Wildman–Crippen LogP) is 4.13. The molecule has 0 aromatic heterocycles. The van der Waals surface area contributed by atoms with Crippen molar-refractivity contribution >= 4 is 0 Å². The van der Waals surface area contributed by atoms with Gasteiger partial charge in [0, 0.05) is 11.8 Å². The van der Waals surface area contributed by atoms with Gasteiger partial charge in [0.15, 0.2) is 0 Å². The van der Waals surface area contributed by atoms with Crippen molar-refractivity contribution < 1.29 is 25.5 Å². The lowest BCUT2D eigenvalue weighted by Gasteiger charge is -2.70. The van der Waals surface area contributed by atoms with E-state index in [-0.39, 0.29) is 23.7 Å². The minimum atomic E-state index is -1.58. The number of hydrogen-bond donors (Lipinski definition) is 5. The molecule has 202 valence electrons. The average molecular weight is 493 g/mol. The maximum Gasteiger partial charge on any atom is 0.102 e. The molecule has 0 saturated heterocycles. The van der Waals surface area contributed by atoms with Gasteiger partial charge in [-0.05, 0) is 97.2 Å². The van der Waals surface area contributed by atoms with Gasteiger partial charge < -0.3 is 25.5 Å². The summed E-state index contributed by atoms with van der Waals surface area (Å²) in [7, 11) is 0. The van der Waals surface area contributed by atoms with Crippen molar-refractivity contribution in [3.8, 4) is 0 Å². The molecule has 5 heteroatoms. The molecule has 5 rings (SSSR count). The highest BCUT2D eigenvalue weighted by Crippen LogP contribution is 2.73. The lowest BCUT2D eigenvalue weighted by atomic mass is 9.39. The van der Waals surface area contributed by atoms with E-state index in [0.717, 1.165) is 12.8 Å². The third-order valence-electron chi connectivity index (χ3n) is 13.7. The lowest BCUT2D eigenvalue weighted by molar-refractivity contribution is -0.348. The van der Waals surface area contributed by atoms with Crippen molar-refractivity contribution in [2.75, 3.05) is 0 Å². The summed E-state index contributed by atoms with van der Waals surface area (Å²) in [6.07, 6.45) is 2.55. The van der Waals surface area contributed by atoms with Crippen molar-refractivity contribution in [2.24, 2.45) is 57.7 Å². The molecule has 5 aliphatic rings. The normalized spacial score (nSPS) is 59.4. The van der Waals surface area contributed by atoms with E-state index in [1.807, 2.05) is 6.92 Å². The molecule has 0 aromatic rings. The zero-order valence-electron chi connectivity index (χ0n) is 23.2. The predicted molar refractivity (Wildman–Crippen MR) is 136 cm³/mol. The lowest BCUT2D eigenvalue weighted by Crippen LogP contribution is -2.79. The number of aliphatic hydroxyl groups excluding tert-OH is 3. The van der Waals surface area contributed by atoms with Gasteiger partial charge in [-0.15, -0.1) is 0 Å². The average Bonchev–Trinajstić information content (AvgIpc) is 3.35. The van der Waals surface area contributed by atoms with E-state index in [4.69, 9.17) is 0 Å². The SMILES string of the molecule is CC(C)[C@H](C)[C@@]1(C)C[C@@H]1[C@@H](C)[C@H]1CC[C@H]2[C@@H]3C[C@@H](O)[C@@]4(O)C[C@@H](O)CC[C@]4(C)[C@@]3(O)[C@H](O)C[C@]12C. The van der Waals surface area contributed by atoms with Crippen molar-refractivity contribution in [2.45, 2.75) is 129 Å². The fourth-order valence-electron chi connectivity index (χ4n) is 11.0. The Morgan fingerprint density at radius 1 is 0.743 bits per heavy atom. The Hall–Kier alpha value is -0.200. The van der Waals surface area contributed by atoms with Crippen molar-refractivity contribution in [1.29, 1.82) is 0 Å². The molecule has 0 radical (unpaired) electrons. The van der Waals surface area contributed by atoms with Crippen LogP contribution in [0, 0.1) is 57.7 Å². The van der Waals surface area contributed by atoms with Gasteiger partial charge in [0.05, 0.1) is 18.3 Å². The Morgan fingerprint density at radius 2 is 1.40 bits per heavy atom. The van der Waals surface area contributed by atoms with Crippen LogP contribution in [0.2, 0.25) is 0 Å². The van der Waals surface area contributed by atoms with Gasteiger partial charge in [0.1, 0.15) is 11.2 Å². The van der Waals surface area contributed by atoms with Gasteiger partial charge in [-0.25, -0.2) is 0 Å². The highest BCUT2D eigenvalue weighted by atomic mass is 16.4. The molecule has 0 heterocycles. The molecule has 0 aliphatic heterocycles. The van der Waals surface area contributed by atoms with Crippen LogP contribution in [-0.4, -0.2) is 55.0 Å². The molecule has 0 amide bonds. The first-order chi connectivity index (χ1) is 16.1. The Kier molecular flexibility index (Phi) is 5.97. The zero-order chi connectivity index (χ0) is 25.9. The fourth-order valence-corrected chi connectivity index (χ4v) is 11.0. The second kappa shape index (κ2) is 7.91. The van der Waals surface area contributed by atoms with Crippen LogP contribution in [-0.2, 0) is 0 Å². The van der Waals surface area contributed by atoms with Crippen LogP contribution in [0.5, 0.6) is 0 Å². The molecule has 5 nitrogen and oxygen atoms in total. The summed E-state index contributed by atoms with van der Waals surface area (Å²) in [4.78, 5) is 0. The molecule has 5 aliphatic carbocycles. The summed E-state index contributed by atoms with van der Waals surface area (Å²) >= 11 is 0. The maximum absolute atomic E-state index is 12.4.